The van der Waals surface area contributed by atoms with Crippen molar-refractivity contribution < 1.29 is 19.1 Å². The minimum atomic E-state index is -0.880. The number of carbonyl (C=O) groups is 2. The second kappa shape index (κ2) is 10.1. The van der Waals surface area contributed by atoms with E-state index in [1.807, 2.05) is 84.9 Å². The Morgan fingerprint density at radius 1 is 0.688 bits per heavy atom. The van der Waals surface area contributed by atoms with E-state index >= 15 is 0 Å². The topological polar surface area (TPSA) is 78.6 Å². The van der Waals surface area contributed by atoms with Crippen LogP contribution in [0.2, 0.25) is 0 Å². The standard InChI is InChI=1S/C27H25NO4/c28-25(27(30)32-18-22-12-6-10-20-8-2-4-14-24(20)22)15-16-26(29)31-17-21-11-5-9-19-7-1-3-13-23(19)21/h1-14,25H,15-18,28H2. The van der Waals surface area contributed by atoms with Crippen LogP contribution >= 0.6 is 0 Å². The Balaban J connectivity index is 1.25. The van der Waals surface area contributed by atoms with Crippen LogP contribution in [0.3, 0.4) is 0 Å². The molecule has 1 atom stereocenters. The van der Waals surface area contributed by atoms with Gasteiger partial charge in [0, 0.05) is 6.42 Å². The summed E-state index contributed by atoms with van der Waals surface area (Å²) < 4.78 is 10.8. The molecule has 32 heavy (non-hydrogen) atoms. The second-order valence-corrected chi connectivity index (χ2v) is 7.69. The summed E-state index contributed by atoms with van der Waals surface area (Å²) in [5.74, 6) is -0.921. The maximum atomic E-state index is 12.3. The van der Waals surface area contributed by atoms with Crippen molar-refractivity contribution in [3.63, 3.8) is 0 Å². The second-order valence-electron chi connectivity index (χ2n) is 7.69. The van der Waals surface area contributed by atoms with Crippen LogP contribution in [-0.4, -0.2) is 18.0 Å². The normalized spacial score (nSPS) is 11.9. The van der Waals surface area contributed by atoms with Gasteiger partial charge in [-0.2, -0.15) is 0 Å². The van der Waals surface area contributed by atoms with E-state index in [2.05, 4.69) is 0 Å². The van der Waals surface area contributed by atoms with Gasteiger partial charge in [-0.1, -0.05) is 84.9 Å². The van der Waals surface area contributed by atoms with E-state index in [0.29, 0.717) is 0 Å². The van der Waals surface area contributed by atoms with E-state index in [-0.39, 0.29) is 26.1 Å². The molecule has 0 aliphatic rings. The van der Waals surface area contributed by atoms with Gasteiger partial charge in [-0.3, -0.25) is 9.59 Å². The van der Waals surface area contributed by atoms with Crippen LogP contribution in [0.5, 0.6) is 0 Å². The van der Waals surface area contributed by atoms with Crippen molar-refractivity contribution in [2.24, 2.45) is 5.73 Å². The third-order valence-corrected chi connectivity index (χ3v) is 5.48. The summed E-state index contributed by atoms with van der Waals surface area (Å²) in [6, 6.07) is 26.7. The van der Waals surface area contributed by atoms with Gasteiger partial charge >= 0.3 is 11.9 Å². The molecule has 0 amide bonds. The smallest absolute Gasteiger partial charge is 0.323 e. The van der Waals surface area contributed by atoms with Crippen molar-refractivity contribution in [1.82, 2.24) is 0 Å². The van der Waals surface area contributed by atoms with E-state index in [4.69, 9.17) is 15.2 Å². The van der Waals surface area contributed by atoms with Gasteiger partial charge in [0.1, 0.15) is 19.3 Å². The molecule has 0 radical (unpaired) electrons. The third-order valence-electron chi connectivity index (χ3n) is 5.48. The molecular formula is C27H25NO4. The van der Waals surface area contributed by atoms with Crippen LogP contribution in [0, 0.1) is 0 Å². The molecule has 2 N–H and O–H groups in total. The lowest BCUT2D eigenvalue weighted by atomic mass is 10.1. The maximum absolute atomic E-state index is 12.3. The van der Waals surface area contributed by atoms with Crippen LogP contribution in [-0.2, 0) is 32.3 Å². The van der Waals surface area contributed by atoms with Crippen LogP contribution in [0.1, 0.15) is 24.0 Å². The lowest BCUT2D eigenvalue weighted by molar-refractivity contribution is -0.148. The molecule has 0 aliphatic heterocycles. The highest BCUT2D eigenvalue weighted by molar-refractivity contribution is 5.86. The summed E-state index contributed by atoms with van der Waals surface area (Å²) in [6.45, 7) is 0.320. The molecule has 0 fully saturated rings. The maximum Gasteiger partial charge on any atom is 0.323 e. The molecular weight excluding hydrogens is 402 g/mol. The van der Waals surface area contributed by atoms with Crippen LogP contribution < -0.4 is 5.73 Å². The summed E-state index contributed by atoms with van der Waals surface area (Å²) in [4.78, 5) is 24.5. The zero-order valence-electron chi connectivity index (χ0n) is 17.7. The Morgan fingerprint density at radius 3 is 1.78 bits per heavy atom. The van der Waals surface area contributed by atoms with Crippen molar-refractivity contribution in [1.29, 1.82) is 0 Å². The Morgan fingerprint density at radius 2 is 1.19 bits per heavy atom. The average molecular weight is 428 g/mol. The van der Waals surface area contributed by atoms with Gasteiger partial charge in [-0.25, -0.2) is 0 Å². The lowest BCUT2D eigenvalue weighted by Crippen LogP contribution is -2.32. The fraction of sp³-hybridized carbons (Fsp3) is 0.185. The number of rotatable bonds is 8. The fourth-order valence-electron chi connectivity index (χ4n) is 3.71. The molecule has 0 saturated carbocycles. The monoisotopic (exact) mass is 427 g/mol. The molecule has 0 aliphatic carbocycles. The molecule has 0 heterocycles. The average Bonchev–Trinajstić information content (AvgIpc) is 2.84. The predicted molar refractivity (Wildman–Crippen MR) is 125 cm³/mol. The third kappa shape index (κ3) is 5.13. The highest BCUT2D eigenvalue weighted by Gasteiger charge is 2.18. The van der Waals surface area contributed by atoms with Crippen molar-refractivity contribution in [2.75, 3.05) is 0 Å². The minimum Gasteiger partial charge on any atom is -0.461 e. The summed E-state index contributed by atoms with van der Waals surface area (Å²) in [5, 5.41) is 4.26. The van der Waals surface area contributed by atoms with E-state index in [1.165, 1.54) is 0 Å². The Hall–Kier alpha value is -3.70. The molecule has 4 aromatic rings. The van der Waals surface area contributed by atoms with E-state index in [0.717, 1.165) is 32.7 Å². The number of carbonyl (C=O) groups excluding carboxylic acids is 2. The summed E-state index contributed by atoms with van der Waals surface area (Å²) in [5.41, 5.74) is 7.80. The summed E-state index contributed by atoms with van der Waals surface area (Å²) in [6.07, 6.45) is 0.220. The number of hydrogen-bond acceptors (Lipinski definition) is 5. The molecule has 4 rings (SSSR count). The van der Waals surface area contributed by atoms with Crippen molar-refractivity contribution >= 4 is 33.5 Å². The first-order chi connectivity index (χ1) is 15.6. The fourth-order valence-corrected chi connectivity index (χ4v) is 3.71. The number of benzene rings is 4. The van der Waals surface area contributed by atoms with E-state index < -0.39 is 18.0 Å². The number of hydrogen-bond donors (Lipinski definition) is 1. The molecule has 5 nitrogen and oxygen atoms in total. The minimum absolute atomic E-state index is 0.0509. The molecule has 4 aromatic carbocycles. The first-order valence-electron chi connectivity index (χ1n) is 10.6. The van der Waals surface area contributed by atoms with Crippen LogP contribution in [0.25, 0.3) is 21.5 Å². The Kier molecular flexibility index (Phi) is 6.78. The molecule has 0 bridgehead atoms. The van der Waals surface area contributed by atoms with Crippen LogP contribution in [0.15, 0.2) is 84.9 Å². The quantitative estimate of drug-likeness (QED) is 0.405. The van der Waals surface area contributed by atoms with Crippen molar-refractivity contribution in [3.8, 4) is 0 Å². The van der Waals surface area contributed by atoms with Crippen LogP contribution in [0.4, 0.5) is 0 Å². The molecule has 0 aromatic heterocycles. The SMILES string of the molecule is NC(CCC(=O)OCc1cccc2ccccc12)C(=O)OCc1cccc2ccccc12. The largest absolute Gasteiger partial charge is 0.461 e. The summed E-state index contributed by atoms with van der Waals surface area (Å²) >= 11 is 0. The van der Waals surface area contributed by atoms with Crippen molar-refractivity contribution in [2.45, 2.75) is 32.1 Å². The Bertz CT molecular complexity index is 1240. The number of nitrogens with two attached hydrogens (primary N) is 1. The lowest BCUT2D eigenvalue weighted by Gasteiger charge is -2.13. The molecule has 1 unspecified atom stereocenters. The van der Waals surface area contributed by atoms with Gasteiger partial charge < -0.3 is 15.2 Å². The molecule has 5 heteroatoms. The van der Waals surface area contributed by atoms with Crippen molar-refractivity contribution in [3.05, 3.63) is 96.1 Å². The highest BCUT2D eigenvalue weighted by Crippen LogP contribution is 2.20. The molecule has 162 valence electrons. The van der Waals surface area contributed by atoms with Gasteiger partial charge in [0.05, 0.1) is 0 Å². The predicted octanol–water partition coefficient (Wildman–Crippen LogP) is 4.89. The van der Waals surface area contributed by atoms with Gasteiger partial charge in [0.25, 0.3) is 0 Å². The van der Waals surface area contributed by atoms with Gasteiger partial charge in [0.15, 0.2) is 0 Å². The van der Waals surface area contributed by atoms with Gasteiger partial charge in [0.2, 0.25) is 0 Å². The van der Waals surface area contributed by atoms with E-state index in [9.17, 15) is 9.59 Å². The molecule has 0 saturated heterocycles. The first kappa shape index (κ1) is 21.5. The van der Waals surface area contributed by atoms with Gasteiger partial charge in [-0.15, -0.1) is 0 Å². The van der Waals surface area contributed by atoms with Gasteiger partial charge in [-0.05, 0) is 39.1 Å². The number of fused-ring (bicyclic) bond motifs is 2. The highest BCUT2D eigenvalue weighted by atomic mass is 16.5. The zero-order chi connectivity index (χ0) is 22.3. The number of ether oxygens (including phenoxy) is 2. The first-order valence-corrected chi connectivity index (χ1v) is 10.6. The molecule has 0 spiro atoms. The summed E-state index contributed by atoms with van der Waals surface area (Å²) in [7, 11) is 0. The Labute approximate surface area is 186 Å². The van der Waals surface area contributed by atoms with E-state index in [1.54, 1.807) is 0 Å². The zero-order valence-corrected chi connectivity index (χ0v) is 17.7. The number of esters is 2.